The van der Waals surface area contributed by atoms with Gasteiger partial charge in [0.05, 0.1) is 5.98 Å². The number of nitriles is 1. The summed E-state index contributed by atoms with van der Waals surface area (Å²) in [6.45, 7) is 0. The third-order valence-electron chi connectivity index (χ3n) is 0.119. The van der Waals surface area contributed by atoms with Gasteiger partial charge in [0.2, 0.25) is 5.81 Å². The van der Waals surface area contributed by atoms with Gasteiger partial charge in [-0.25, -0.2) is 0 Å². The summed E-state index contributed by atoms with van der Waals surface area (Å²) in [5.74, 6) is -2.25. The first-order valence-electron chi connectivity index (χ1n) is 0.981. The summed E-state index contributed by atoms with van der Waals surface area (Å²) in [7, 11) is 0. The van der Waals surface area contributed by atoms with Crippen molar-refractivity contribution < 1.29 is 4.20 Å². The second-order valence-electron chi connectivity index (χ2n) is 0.580. The summed E-state index contributed by atoms with van der Waals surface area (Å²) in [5.41, 5.74) is 0. The maximum Gasteiger partial charge on any atom is 0.229 e. The van der Waals surface area contributed by atoms with E-state index in [0.717, 1.165) is 0 Å². The van der Waals surface area contributed by atoms with E-state index >= 15 is 0 Å². The van der Waals surface area contributed by atoms with Crippen LogP contribution in [0.25, 0.3) is 0 Å². The normalized spacial score (nSPS) is 10.3. The molecule has 6 heavy (non-hydrogen) atoms. The van der Waals surface area contributed by atoms with Crippen LogP contribution in [-0.4, -0.2) is 0 Å². The summed E-state index contributed by atoms with van der Waals surface area (Å²) in [5, 5.41) is 7.62. The Bertz CT molecular complexity index is 80.5. The average molecular weight is 140 g/mol. The van der Waals surface area contributed by atoms with Gasteiger partial charge >= 0.3 is 0 Å². The van der Waals surface area contributed by atoms with Crippen LogP contribution in [0.2, 0.25) is 0 Å². The molecule has 0 rings (SSSR count). The van der Waals surface area contributed by atoms with Crippen molar-refractivity contribution in [1.82, 2.24) is 0 Å². The zero-order chi connectivity index (χ0) is 5.21. The lowest BCUT2D eigenvalue weighted by molar-refractivity contribution is 0.919. The highest BCUT2D eigenvalue weighted by Gasteiger charge is 1.98. The number of rotatable bonds is 0. The average Bonchev–Trinajstić information content (AvgIpc) is 1.35. The molecule has 0 bridgehead atoms. The van der Waals surface area contributed by atoms with Crippen LogP contribution in [0.4, 0.5) is 4.20 Å². The predicted octanol–water partition coefficient (Wildman–Crippen LogP) is 1.29. The molecule has 0 amide bonds. The van der Waals surface area contributed by atoms with Crippen molar-refractivity contribution >= 4 is 30.5 Å². The Labute approximate surface area is 46.3 Å². The van der Waals surface area contributed by atoms with Crippen molar-refractivity contribution in [3.05, 3.63) is 0 Å². The molecule has 1 nitrogen and oxygen atoms in total. The van der Waals surface area contributed by atoms with Gasteiger partial charge in [-0.1, -0.05) is 4.20 Å². The Kier molecular flexibility index (Phi) is 2.20. The first kappa shape index (κ1) is 6.55. The van der Waals surface area contributed by atoms with Crippen molar-refractivity contribution in [1.29, 1.82) is 5.26 Å². The van der Waals surface area contributed by atoms with Gasteiger partial charge in [0.15, 0.2) is 0 Å². The number of hydrogen-bond donors (Lipinski definition) is 0. The molecular formula is CFNPS2-. The highest BCUT2D eigenvalue weighted by atomic mass is 33.1. The molecule has 0 aromatic rings. The summed E-state index contributed by atoms with van der Waals surface area (Å²) < 4.78 is 11.5. The smallest absolute Gasteiger partial charge is 0.229 e. The minimum atomic E-state index is -3.42. The van der Waals surface area contributed by atoms with E-state index in [1.165, 1.54) is 5.81 Å². The summed E-state index contributed by atoms with van der Waals surface area (Å²) in [6.07, 6.45) is 0. The molecule has 0 atom stereocenters. The lowest BCUT2D eigenvalue weighted by Gasteiger charge is -2.13. The lowest BCUT2D eigenvalue weighted by atomic mass is 11.8. The monoisotopic (exact) mass is 140 g/mol. The summed E-state index contributed by atoms with van der Waals surface area (Å²) in [6, 6.07) is 0. The maximum atomic E-state index is 11.5. The minimum Gasteiger partial charge on any atom is -0.525 e. The Morgan fingerprint density at radius 2 is 1.83 bits per heavy atom. The highest BCUT2D eigenvalue weighted by molar-refractivity contribution is 8.73. The van der Waals surface area contributed by atoms with Crippen LogP contribution in [0.3, 0.4) is 0 Å². The SMILES string of the molecule is N#C[P+](F)([S-])[S-]. The highest BCUT2D eigenvalue weighted by Crippen LogP contribution is 2.54. The molecule has 0 aliphatic rings. The minimum absolute atomic E-state index is 1.18. The number of halogens is 1. The molecule has 0 spiro atoms. The Hall–Kier alpha value is 0.550. The third kappa shape index (κ3) is 4.55. The van der Waals surface area contributed by atoms with Crippen molar-refractivity contribution in [3.8, 4) is 5.81 Å². The Morgan fingerprint density at radius 3 is 1.83 bits per heavy atom. The van der Waals surface area contributed by atoms with Crippen molar-refractivity contribution in [2.45, 2.75) is 0 Å². The van der Waals surface area contributed by atoms with Gasteiger partial charge in [0.25, 0.3) is 0 Å². The van der Waals surface area contributed by atoms with Gasteiger partial charge in [-0.2, -0.15) is 5.26 Å². The zero-order valence-corrected chi connectivity index (χ0v) is 5.12. The van der Waals surface area contributed by atoms with Gasteiger partial charge < -0.3 is 24.5 Å². The molecule has 0 N–H and O–H groups in total. The van der Waals surface area contributed by atoms with E-state index in [2.05, 4.69) is 24.5 Å². The van der Waals surface area contributed by atoms with Crippen LogP contribution < -0.4 is 0 Å². The van der Waals surface area contributed by atoms with Crippen LogP contribution in [0.5, 0.6) is 0 Å². The van der Waals surface area contributed by atoms with Crippen LogP contribution in [-0.2, 0) is 24.5 Å². The molecular weight excluding hydrogens is 140 g/mol. The van der Waals surface area contributed by atoms with E-state index in [4.69, 9.17) is 5.26 Å². The second-order valence-corrected chi connectivity index (χ2v) is 5.45. The fraction of sp³-hybridized carbons (Fsp3) is 0. The third-order valence-corrected chi connectivity index (χ3v) is 0.848. The van der Waals surface area contributed by atoms with E-state index in [1.54, 1.807) is 0 Å². The predicted molar refractivity (Wildman–Crippen MR) is 28.4 cm³/mol. The standard InChI is InChI=1S/CHFNPS2/c2-4(5,6)1-3/h(H,5,6)/p-1. The molecule has 0 aromatic heterocycles. The van der Waals surface area contributed by atoms with Crippen LogP contribution in [0.15, 0.2) is 0 Å². The molecule has 5 heteroatoms. The summed E-state index contributed by atoms with van der Waals surface area (Å²) in [4.78, 5) is 0. The fourth-order valence-corrected chi connectivity index (χ4v) is 0. The molecule has 0 saturated heterocycles. The van der Waals surface area contributed by atoms with E-state index in [-0.39, 0.29) is 0 Å². The molecule has 0 heterocycles. The van der Waals surface area contributed by atoms with Gasteiger partial charge in [0.1, 0.15) is 0 Å². The van der Waals surface area contributed by atoms with Crippen molar-refractivity contribution in [2.75, 3.05) is 0 Å². The first-order valence-corrected chi connectivity index (χ1v) is 4.69. The molecule has 34 valence electrons. The lowest BCUT2D eigenvalue weighted by Crippen LogP contribution is -1.60. The molecule has 0 fully saturated rings. The first-order chi connectivity index (χ1) is 2.56. The second kappa shape index (κ2) is 2.02. The van der Waals surface area contributed by atoms with Gasteiger partial charge in [-0.15, -0.1) is 0 Å². The molecule has 0 aliphatic heterocycles. The van der Waals surface area contributed by atoms with Crippen LogP contribution in [0, 0.1) is 11.1 Å². The van der Waals surface area contributed by atoms with E-state index in [1.807, 2.05) is 0 Å². The maximum absolute atomic E-state index is 11.5. The van der Waals surface area contributed by atoms with Gasteiger partial charge in [-0.3, -0.25) is 0 Å². The van der Waals surface area contributed by atoms with E-state index in [9.17, 15) is 4.20 Å². The molecule has 0 saturated carbocycles. The number of hydrogen-bond acceptors (Lipinski definition) is 3. The quantitative estimate of drug-likeness (QED) is 0.374. The summed E-state index contributed by atoms with van der Waals surface area (Å²) >= 11 is 7.77. The largest absolute Gasteiger partial charge is 0.525 e. The Morgan fingerprint density at radius 1 is 1.67 bits per heavy atom. The van der Waals surface area contributed by atoms with E-state index < -0.39 is 5.98 Å². The fourth-order valence-electron chi connectivity index (χ4n) is 0. The van der Waals surface area contributed by atoms with Crippen LogP contribution >= 0.6 is 5.98 Å². The Balaban J connectivity index is 3.55. The van der Waals surface area contributed by atoms with Gasteiger partial charge in [-0.05, 0) is 0 Å². The molecule has 0 aliphatic carbocycles. The van der Waals surface area contributed by atoms with Crippen molar-refractivity contribution in [3.63, 3.8) is 0 Å². The van der Waals surface area contributed by atoms with E-state index in [0.29, 0.717) is 0 Å². The van der Waals surface area contributed by atoms with Crippen LogP contribution in [0.1, 0.15) is 0 Å². The topological polar surface area (TPSA) is 23.8 Å². The van der Waals surface area contributed by atoms with Crippen molar-refractivity contribution in [2.24, 2.45) is 0 Å². The number of nitrogens with zero attached hydrogens (tertiary/aromatic N) is 1. The molecule has 0 aromatic carbocycles. The van der Waals surface area contributed by atoms with Gasteiger partial charge in [0, 0.05) is 0 Å². The zero-order valence-electron chi connectivity index (χ0n) is 2.59. The molecule has 0 radical (unpaired) electrons. The molecule has 0 unspecified atom stereocenters.